The van der Waals surface area contributed by atoms with E-state index in [1.54, 1.807) is 0 Å². The minimum Gasteiger partial charge on any atom is -0.454 e. The third-order valence-corrected chi connectivity index (χ3v) is 6.71. The highest BCUT2D eigenvalue weighted by atomic mass is 32.1. The van der Waals surface area contributed by atoms with Gasteiger partial charge in [-0.2, -0.15) is 0 Å². The topological polar surface area (TPSA) is 64.4 Å². The lowest BCUT2D eigenvalue weighted by molar-refractivity contribution is 0.174. The van der Waals surface area contributed by atoms with Crippen LogP contribution < -0.4 is 19.7 Å². The van der Waals surface area contributed by atoms with Gasteiger partial charge in [-0.3, -0.25) is 4.98 Å². The fourth-order valence-electron chi connectivity index (χ4n) is 4.91. The largest absolute Gasteiger partial charge is 0.454 e. The number of aryl methyl sites for hydroxylation is 1. The molecule has 0 aliphatic carbocycles. The highest BCUT2D eigenvalue weighted by Crippen LogP contribution is 2.45. The van der Waals surface area contributed by atoms with Gasteiger partial charge in [0.1, 0.15) is 5.82 Å². The molecule has 34 heavy (non-hydrogen) atoms. The number of hydrogen-bond donors (Lipinski definition) is 1. The zero-order chi connectivity index (χ0) is 23.2. The van der Waals surface area contributed by atoms with E-state index in [0.717, 1.165) is 45.6 Å². The number of ether oxygens (including phenoxy) is 2. The number of rotatable bonds is 4. The molecular formula is C26H23N5O2S. The van der Waals surface area contributed by atoms with E-state index < -0.39 is 0 Å². The molecule has 2 aliphatic rings. The van der Waals surface area contributed by atoms with Crippen molar-refractivity contribution in [2.24, 2.45) is 0 Å². The Morgan fingerprint density at radius 3 is 2.50 bits per heavy atom. The highest BCUT2D eigenvalue weighted by molar-refractivity contribution is 7.80. The predicted octanol–water partition coefficient (Wildman–Crippen LogP) is 4.79. The summed E-state index contributed by atoms with van der Waals surface area (Å²) in [5, 5.41) is 4.17. The van der Waals surface area contributed by atoms with Gasteiger partial charge in [0.2, 0.25) is 6.79 Å². The van der Waals surface area contributed by atoms with Gasteiger partial charge in [-0.05, 0) is 74.1 Å². The summed E-state index contributed by atoms with van der Waals surface area (Å²) in [5.41, 5.74) is 5.24. The van der Waals surface area contributed by atoms with E-state index in [2.05, 4.69) is 44.7 Å². The van der Waals surface area contributed by atoms with Gasteiger partial charge in [0.15, 0.2) is 16.6 Å². The van der Waals surface area contributed by atoms with Crippen LogP contribution in [0.15, 0.2) is 73.1 Å². The lowest BCUT2D eigenvalue weighted by Gasteiger charge is -2.28. The zero-order valence-corrected chi connectivity index (χ0v) is 19.6. The number of nitrogens with one attached hydrogen (secondary N) is 1. The van der Waals surface area contributed by atoms with E-state index in [4.69, 9.17) is 21.7 Å². The van der Waals surface area contributed by atoms with Crippen LogP contribution in [0.3, 0.4) is 0 Å². The molecule has 0 bridgehead atoms. The normalized spacial score (nSPS) is 18.9. The average molecular weight is 470 g/mol. The molecule has 5 heterocycles. The summed E-state index contributed by atoms with van der Waals surface area (Å²) in [6, 6.07) is 19.8. The van der Waals surface area contributed by atoms with Crippen LogP contribution in [-0.4, -0.2) is 26.4 Å². The third kappa shape index (κ3) is 3.30. The van der Waals surface area contributed by atoms with Gasteiger partial charge >= 0.3 is 0 Å². The Morgan fingerprint density at radius 1 is 0.941 bits per heavy atom. The van der Waals surface area contributed by atoms with Crippen molar-refractivity contribution in [2.45, 2.75) is 25.9 Å². The van der Waals surface area contributed by atoms with Gasteiger partial charge in [-0.1, -0.05) is 12.1 Å². The van der Waals surface area contributed by atoms with Crippen molar-refractivity contribution < 1.29 is 9.47 Å². The Morgan fingerprint density at radius 2 is 1.74 bits per heavy atom. The summed E-state index contributed by atoms with van der Waals surface area (Å²) in [6.45, 7) is 4.46. The zero-order valence-electron chi connectivity index (χ0n) is 18.8. The van der Waals surface area contributed by atoms with Crippen LogP contribution in [0.5, 0.6) is 11.5 Å². The Kier molecular flexibility index (Phi) is 4.95. The van der Waals surface area contributed by atoms with Crippen molar-refractivity contribution in [1.82, 2.24) is 19.9 Å². The monoisotopic (exact) mass is 469 g/mol. The van der Waals surface area contributed by atoms with E-state index in [1.165, 1.54) is 0 Å². The van der Waals surface area contributed by atoms with Crippen LogP contribution in [0.1, 0.15) is 34.7 Å². The molecule has 1 aromatic carbocycles. The molecule has 0 radical (unpaired) electrons. The van der Waals surface area contributed by atoms with Gasteiger partial charge < -0.3 is 24.3 Å². The minimum absolute atomic E-state index is 0.119. The number of pyridine rings is 2. The first-order chi connectivity index (χ1) is 16.6. The average Bonchev–Trinajstić information content (AvgIpc) is 3.54. The van der Waals surface area contributed by atoms with E-state index in [0.29, 0.717) is 5.11 Å². The van der Waals surface area contributed by atoms with Gasteiger partial charge in [-0.25, -0.2) is 4.98 Å². The number of benzene rings is 1. The van der Waals surface area contributed by atoms with Gasteiger partial charge in [-0.15, -0.1) is 0 Å². The second kappa shape index (κ2) is 8.14. The molecule has 8 heteroatoms. The molecule has 7 nitrogen and oxygen atoms in total. The fraction of sp³-hybridized carbons (Fsp3) is 0.192. The molecule has 4 aromatic rings. The predicted molar refractivity (Wildman–Crippen MR) is 134 cm³/mol. The first-order valence-corrected chi connectivity index (χ1v) is 11.5. The number of anilines is 1. The summed E-state index contributed by atoms with van der Waals surface area (Å²) in [5.74, 6) is 2.36. The van der Waals surface area contributed by atoms with E-state index in [1.807, 2.05) is 67.0 Å². The second-order valence-electron chi connectivity index (χ2n) is 8.38. The summed E-state index contributed by atoms with van der Waals surface area (Å²) in [7, 11) is 0. The first-order valence-electron chi connectivity index (χ1n) is 11.1. The van der Waals surface area contributed by atoms with Crippen LogP contribution >= 0.6 is 12.2 Å². The highest BCUT2D eigenvalue weighted by Gasteiger charge is 2.42. The van der Waals surface area contributed by atoms with E-state index >= 15 is 0 Å². The molecule has 1 saturated heterocycles. The summed E-state index contributed by atoms with van der Waals surface area (Å²) < 4.78 is 13.4. The molecule has 0 spiro atoms. The van der Waals surface area contributed by atoms with Gasteiger partial charge in [0.25, 0.3) is 0 Å². The third-order valence-electron chi connectivity index (χ3n) is 6.40. The van der Waals surface area contributed by atoms with Crippen molar-refractivity contribution in [2.75, 3.05) is 11.7 Å². The lowest BCUT2D eigenvalue weighted by atomic mass is 9.96. The van der Waals surface area contributed by atoms with Crippen molar-refractivity contribution in [3.63, 3.8) is 0 Å². The smallest absolute Gasteiger partial charge is 0.231 e. The summed E-state index contributed by atoms with van der Waals surface area (Å²) in [4.78, 5) is 11.4. The number of thiocarbonyl (C=S) groups is 1. The van der Waals surface area contributed by atoms with Gasteiger partial charge in [0, 0.05) is 35.5 Å². The maximum Gasteiger partial charge on any atom is 0.231 e. The van der Waals surface area contributed by atoms with Crippen molar-refractivity contribution in [3.05, 3.63) is 95.7 Å². The fourth-order valence-corrected chi connectivity index (χ4v) is 5.26. The Bertz CT molecular complexity index is 1370. The number of fused-ring (bicyclic) bond motifs is 1. The minimum atomic E-state index is -0.128. The Hall–Kier alpha value is -3.91. The first kappa shape index (κ1) is 20.7. The number of aromatic nitrogens is 3. The lowest BCUT2D eigenvalue weighted by Crippen LogP contribution is -2.29. The molecule has 0 amide bonds. The molecule has 1 N–H and O–H groups in total. The molecule has 3 aromatic heterocycles. The Labute approximate surface area is 203 Å². The molecule has 2 atom stereocenters. The van der Waals surface area contributed by atoms with Crippen molar-refractivity contribution in [3.8, 4) is 17.3 Å². The molecule has 6 rings (SSSR count). The maximum absolute atomic E-state index is 5.88. The van der Waals surface area contributed by atoms with Crippen LogP contribution in [0.25, 0.3) is 5.82 Å². The SMILES string of the molecule is Cc1cc([C@H]2[C@H](c3ccccn3)NC(=S)N2c2ccc3c(c2)OCO3)c(C)n1-c1ccccn1. The van der Waals surface area contributed by atoms with Crippen molar-refractivity contribution >= 4 is 23.0 Å². The van der Waals surface area contributed by atoms with Crippen LogP contribution in [-0.2, 0) is 0 Å². The van der Waals surface area contributed by atoms with E-state index in [-0.39, 0.29) is 18.9 Å². The standard InChI is InChI=1S/C26H23N5O2S/c1-16-13-19(17(2)30(16)23-8-4-6-12-28-23)25-24(20-7-3-5-11-27-20)29-26(34)31(25)18-9-10-21-22(14-18)33-15-32-21/h3-14,24-25H,15H2,1-2H3,(H,29,34)/t24-,25-/m0/s1. The van der Waals surface area contributed by atoms with Crippen LogP contribution in [0.4, 0.5) is 5.69 Å². The second-order valence-corrected chi connectivity index (χ2v) is 8.77. The number of nitrogens with zero attached hydrogens (tertiary/aromatic N) is 4. The Balaban J connectivity index is 1.51. The summed E-state index contributed by atoms with van der Waals surface area (Å²) >= 11 is 5.88. The molecule has 0 saturated carbocycles. The summed E-state index contributed by atoms with van der Waals surface area (Å²) in [6.07, 6.45) is 3.63. The molecule has 0 unspecified atom stereocenters. The quantitative estimate of drug-likeness (QED) is 0.431. The molecule has 170 valence electrons. The van der Waals surface area contributed by atoms with Crippen molar-refractivity contribution in [1.29, 1.82) is 0 Å². The van der Waals surface area contributed by atoms with E-state index in [9.17, 15) is 0 Å². The number of hydrogen-bond acceptors (Lipinski definition) is 5. The maximum atomic E-state index is 5.88. The van der Waals surface area contributed by atoms with Crippen LogP contribution in [0, 0.1) is 13.8 Å². The molecular weight excluding hydrogens is 446 g/mol. The molecule has 2 aliphatic heterocycles. The van der Waals surface area contributed by atoms with Gasteiger partial charge in [0.05, 0.1) is 17.8 Å². The van der Waals surface area contributed by atoms with Crippen LogP contribution in [0.2, 0.25) is 0 Å². The molecule has 1 fully saturated rings.